The molecule has 1 aliphatic heterocycles. The van der Waals surface area contributed by atoms with Crippen LogP contribution in [-0.2, 0) is 11.2 Å². The molecule has 0 bridgehead atoms. The van der Waals surface area contributed by atoms with E-state index in [4.69, 9.17) is 0 Å². The molecule has 5 heteroatoms. The van der Waals surface area contributed by atoms with Crippen molar-refractivity contribution in [3.8, 4) is 6.07 Å². The van der Waals surface area contributed by atoms with Crippen LogP contribution in [0.3, 0.4) is 0 Å². The van der Waals surface area contributed by atoms with E-state index in [1.54, 1.807) is 6.92 Å². The molecule has 0 fully saturated rings. The van der Waals surface area contributed by atoms with Crippen LogP contribution < -0.4 is 5.32 Å². The highest BCUT2D eigenvalue weighted by atomic mass is 16.3. The summed E-state index contributed by atoms with van der Waals surface area (Å²) in [5.74, 6) is -0.0297. The lowest BCUT2D eigenvalue weighted by Crippen LogP contribution is -2.45. The second-order valence-electron chi connectivity index (χ2n) is 6.62. The molecule has 2 N–H and O–H groups in total. The minimum atomic E-state index is -0.500. The van der Waals surface area contributed by atoms with Crippen molar-refractivity contribution in [2.45, 2.75) is 25.5 Å². The van der Waals surface area contributed by atoms with Gasteiger partial charge in [0.1, 0.15) is 0 Å². The Morgan fingerprint density at radius 3 is 2.77 bits per heavy atom. The second kappa shape index (κ2) is 8.13. The summed E-state index contributed by atoms with van der Waals surface area (Å²) in [5.41, 5.74) is 3.67. The number of nitrogens with zero attached hydrogens (tertiary/aromatic N) is 2. The number of aliphatic hydroxyl groups is 1. The quantitative estimate of drug-likeness (QED) is 0.866. The molecule has 0 saturated heterocycles. The lowest BCUT2D eigenvalue weighted by Gasteiger charge is -2.38. The highest BCUT2D eigenvalue weighted by Crippen LogP contribution is 2.37. The van der Waals surface area contributed by atoms with Crippen LogP contribution in [0.15, 0.2) is 48.5 Å². The zero-order chi connectivity index (χ0) is 18.5. The zero-order valence-corrected chi connectivity index (χ0v) is 14.9. The topological polar surface area (TPSA) is 76.4 Å². The smallest absolute Gasteiger partial charge is 0.237 e. The molecule has 0 radical (unpaired) electrons. The summed E-state index contributed by atoms with van der Waals surface area (Å²) >= 11 is 0. The van der Waals surface area contributed by atoms with Crippen LogP contribution in [0, 0.1) is 11.3 Å². The molecule has 1 amide bonds. The number of benzene rings is 2. The van der Waals surface area contributed by atoms with Crippen LogP contribution >= 0.6 is 0 Å². The fraction of sp³-hybridized carbons (Fsp3) is 0.333. The lowest BCUT2D eigenvalue weighted by molar-refractivity contribution is -0.132. The number of carbonyl (C=O) groups is 1. The van der Waals surface area contributed by atoms with Crippen LogP contribution in [0.25, 0.3) is 0 Å². The van der Waals surface area contributed by atoms with Gasteiger partial charge in [-0.05, 0) is 30.5 Å². The van der Waals surface area contributed by atoms with Crippen molar-refractivity contribution in [3.05, 3.63) is 70.8 Å². The van der Waals surface area contributed by atoms with Crippen LogP contribution in [0.4, 0.5) is 0 Å². The number of nitriles is 1. The number of carbonyl (C=O) groups excluding carboxylic acids is 1. The second-order valence-corrected chi connectivity index (χ2v) is 6.62. The van der Waals surface area contributed by atoms with Crippen LogP contribution in [-0.4, -0.2) is 41.7 Å². The molecule has 134 valence electrons. The number of rotatable bonds is 5. The summed E-state index contributed by atoms with van der Waals surface area (Å²) in [6.45, 7) is 2.82. The molecule has 5 nitrogen and oxygen atoms in total. The minimum Gasteiger partial charge on any atom is -0.392 e. The van der Waals surface area contributed by atoms with E-state index in [-0.39, 0.29) is 18.5 Å². The molecular formula is C21H23N3O2. The van der Waals surface area contributed by atoms with Gasteiger partial charge >= 0.3 is 0 Å². The lowest BCUT2D eigenvalue weighted by atomic mass is 9.85. The third kappa shape index (κ3) is 3.77. The normalized spacial score (nSPS) is 17.3. The van der Waals surface area contributed by atoms with Crippen LogP contribution in [0.1, 0.15) is 35.2 Å². The van der Waals surface area contributed by atoms with Crippen molar-refractivity contribution in [2.24, 2.45) is 0 Å². The summed E-state index contributed by atoms with van der Waals surface area (Å²) in [5, 5.41) is 22.0. The molecule has 2 aromatic carbocycles. The summed E-state index contributed by atoms with van der Waals surface area (Å²) in [6, 6.07) is 17.6. The van der Waals surface area contributed by atoms with Crippen molar-refractivity contribution in [1.29, 1.82) is 5.26 Å². The maximum atomic E-state index is 12.9. The highest BCUT2D eigenvalue weighted by Gasteiger charge is 2.33. The first kappa shape index (κ1) is 18.1. The molecule has 0 saturated carbocycles. The third-order valence-electron chi connectivity index (χ3n) is 4.68. The van der Waals surface area contributed by atoms with E-state index in [9.17, 15) is 15.2 Å². The Morgan fingerprint density at radius 2 is 2.08 bits per heavy atom. The van der Waals surface area contributed by atoms with Gasteiger partial charge in [0.25, 0.3) is 0 Å². The first-order chi connectivity index (χ1) is 12.6. The van der Waals surface area contributed by atoms with Gasteiger partial charge < -0.3 is 15.3 Å². The Morgan fingerprint density at radius 1 is 1.31 bits per heavy atom. The Kier molecular flexibility index (Phi) is 5.67. The molecule has 0 spiro atoms. The Hall–Kier alpha value is -2.68. The molecule has 0 aliphatic carbocycles. The molecule has 2 atom stereocenters. The third-order valence-corrected chi connectivity index (χ3v) is 4.68. The van der Waals surface area contributed by atoms with Crippen molar-refractivity contribution in [1.82, 2.24) is 10.2 Å². The summed E-state index contributed by atoms with van der Waals surface area (Å²) < 4.78 is 0. The van der Waals surface area contributed by atoms with E-state index in [2.05, 4.69) is 11.4 Å². The fourth-order valence-corrected chi connectivity index (χ4v) is 3.52. The van der Waals surface area contributed by atoms with Crippen LogP contribution in [0.5, 0.6) is 0 Å². The maximum absolute atomic E-state index is 12.9. The van der Waals surface area contributed by atoms with Crippen LogP contribution in [0.2, 0.25) is 0 Å². The molecule has 3 rings (SSSR count). The first-order valence-electron chi connectivity index (χ1n) is 8.87. The Labute approximate surface area is 153 Å². The first-order valence-corrected chi connectivity index (χ1v) is 8.87. The predicted molar refractivity (Wildman–Crippen MR) is 99.4 cm³/mol. The summed E-state index contributed by atoms with van der Waals surface area (Å²) in [7, 11) is 0. The summed E-state index contributed by atoms with van der Waals surface area (Å²) in [6.07, 6.45) is 0.232. The number of nitrogens with one attached hydrogen (secondary N) is 1. The van der Waals surface area contributed by atoms with Gasteiger partial charge in [-0.15, -0.1) is 0 Å². The molecule has 1 heterocycles. The molecule has 1 aliphatic rings. The SMILES string of the molecule is C[C@@H](O)CNCC(=O)N1CCc2cccc(C#N)c2[C@@H]1c1ccccc1. The average molecular weight is 349 g/mol. The minimum absolute atomic E-state index is 0.0297. The van der Waals surface area contributed by atoms with E-state index in [1.165, 1.54) is 0 Å². The van der Waals surface area contributed by atoms with Gasteiger partial charge in [0.15, 0.2) is 0 Å². The van der Waals surface area contributed by atoms with Gasteiger partial charge in [-0.3, -0.25) is 4.79 Å². The van der Waals surface area contributed by atoms with E-state index in [0.717, 1.165) is 23.1 Å². The van der Waals surface area contributed by atoms with E-state index in [0.29, 0.717) is 18.7 Å². The zero-order valence-electron chi connectivity index (χ0n) is 14.9. The van der Waals surface area contributed by atoms with Gasteiger partial charge in [-0.1, -0.05) is 42.5 Å². The van der Waals surface area contributed by atoms with Crippen molar-refractivity contribution >= 4 is 5.91 Å². The maximum Gasteiger partial charge on any atom is 0.237 e. The van der Waals surface area contributed by atoms with Gasteiger partial charge in [0, 0.05) is 18.7 Å². The monoisotopic (exact) mass is 349 g/mol. The number of hydrogen-bond acceptors (Lipinski definition) is 4. The molecule has 2 aromatic rings. The molecule has 26 heavy (non-hydrogen) atoms. The Balaban J connectivity index is 1.97. The van der Waals surface area contributed by atoms with E-state index >= 15 is 0 Å². The number of aliphatic hydroxyl groups excluding tert-OH is 1. The van der Waals surface area contributed by atoms with Crippen molar-refractivity contribution in [3.63, 3.8) is 0 Å². The Bertz CT molecular complexity index is 812. The molecule has 0 unspecified atom stereocenters. The van der Waals surface area contributed by atoms with Crippen molar-refractivity contribution < 1.29 is 9.90 Å². The summed E-state index contributed by atoms with van der Waals surface area (Å²) in [4.78, 5) is 14.7. The molecule has 0 aromatic heterocycles. The highest BCUT2D eigenvalue weighted by molar-refractivity contribution is 5.80. The van der Waals surface area contributed by atoms with Crippen molar-refractivity contribution in [2.75, 3.05) is 19.6 Å². The number of hydrogen-bond donors (Lipinski definition) is 2. The van der Waals surface area contributed by atoms with Gasteiger partial charge in [-0.25, -0.2) is 0 Å². The predicted octanol–water partition coefficient (Wildman–Crippen LogP) is 2.00. The largest absolute Gasteiger partial charge is 0.392 e. The van der Waals surface area contributed by atoms with Gasteiger partial charge in [-0.2, -0.15) is 5.26 Å². The average Bonchev–Trinajstić information content (AvgIpc) is 2.66. The molecular weight excluding hydrogens is 326 g/mol. The van der Waals surface area contributed by atoms with E-state index in [1.807, 2.05) is 53.4 Å². The van der Waals surface area contributed by atoms with E-state index < -0.39 is 6.10 Å². The number of fused-ring (bicyclic) bond motifs is 1. The number of amides is 1. The van der Waals surface area contributed by atoms with Gasteiger partial charge in [0.2, 0.25) is 5.91 Å². The standard InChI is InChI=1S/C21H23N3O2/c1-15(25)13-23-14-19(26)24-11-10-16-8-5-9-18(12-22)20(16)21(24)17-6-3-2-4-7-17/h2-9,15,21,23,25H,10-11,13-14H2,1H3/t15-,21+/m1/s1. The van der Waals surface area contributed by atoms with Gasteiger partial charge in [0.05, 0.1) is 30.3 Å². The fourth-order valence-electron chi connectivity index (χ4n) is 3.52.